The lowest BCUT2D eigenvalue weighted by Gasteiger charge is -2.26. The Balaban J connectivity index is 2.71. The molecule has 0 aliphatic rings. The fourth-order valence-corrected chi connectivity index (χ4v) is 2.13. The number of carbonyl (C=O) groups excluding carboxylic acids is 1. The number of hydrogen-bond donors (Lipinski definition) is 2. The minimum Gasteiger partial charge on any atom is -0.293 e. The summed E-state index contributed by atoms with van der Waals surface area (Å²) in [6.45, 7) is 4.89. The first kappa shape index (κ1) is 14.7. The summed E-state index contributed by atoms with van der Waals surface area (Å²) >= 11 is 0. The predicted octanol–water partition coefficient (Wildman–Crippen LogP) is 1.59. The van der Waals surface area contributed by atoms with Crippen molar-refractivity contribution in [2.24, 2.45) is 5.84 Å². The Labute approximate surface area is 109 Å². The van der Waals surface area contributed by atoms with Gasteiger partial charge in [-0.3, -0.25) is 15.1 Å². The van der Waals surface area contributed by atoms with Crippen LogP contribution in [0.25, 0.3) is 0 Å². The Morgan fingerprint density at radius 1 is 1.50 bits per heavy atom. The average Bonchev–Trinajstić information content (AvgIpc) is 2.35. The zero-order valence-electron chi connectivity index (χ0n) is 11.4. The SMILES string of the molecule is CCCC(C(=O)NN)N(C)Cc1cccc(C)c1. The van der Waals surface area contributed by atoms with E-state index < -0.39 is 0 Å². The molecular formula is C14H23N3O. The van der Waals surface area contributed by atoms with E-state index in [1.54, 1.807) is 0 Å². The molecule has 0 aromatic heterocycles. The van der Waals surface area contributed by atoms with Gasteiger partial charge < -0.3 is 0 Å². The van der Waals surface area contributed by atoms with Crippen molar-refractivity contribution >= 4 is 5.91 Å². The Hall–Kier alpha value is -1.39. The van der Waals surface area contributed by atoms with Crippen LogP contribution in [0.4, 0.5) is 0 Å². The van der Waals surface area contributed by atoms with E-state index in [9.17, 15) is 4.79 Å². The Morgan fingerprint density at radius 3 is 2.78 bits per heavy atom. The van der Waals surface area contributed by atoms with Gasteiger partial charge in [0, 0.05) is 6.54 Å². The van der Waals surface area contributed by atoms with E-state index in [0.29, 0.717) is 0 Å². The second-order valence-corrected chi connectivity index (χ2v) is 4.72. The molecule has 0 saturated heterocycles. The van der Waals surface area contributed by atoms with Gasteiger partial charge in [-0.2, -0.15) is 0 Å². The van der Waals surface area contributed by atoms with E-state index in [-0.39, 0.29) is 11.9 Å². The lowest BCUT2D eigenvalue weighted by molar-refractivity contribution is -0.126. The molecule has 3 N–H and O–H groups in total. The zero-order chi connectivity index (χ0) is 13.5. The fourth-order valence-electron chi connectivity index (χ4n) is 2.13. The van der Waals surface area contributed by atoms with Gasteiger partial charge in [0.15, 0.2) is 0 Å². The molecule has 0 aliphatic heterocycles. The maximum absolute atomic E-state index is 11.7. The quantitative estimate of drug-likeness (QED) is 0.457. The van der Waals surface area contributed by atoms with Crippen molar-refractivity contribution in [3.05, 3.63) is 35.4 Å². The van der Waals surface area contributed by atoms with E-state index in [1.807, 2.05) is 18.0 Å². The van der Waals surface area contributed by atoms with E-state index >= 15 is 0 Å². The van der Waals surface area contributed by atoms with Crippen LogP contribution in [0.3, 0.4) is 0 Å². The molecule has 1 aromatic carbocycles. The first-order valence-electron chi connectivity index (χ1n) is 6.34. The molecule has 4 heteroatoms. The number of rotatable bonds is 6. The van der Waals surface area contributed by atoms with Gasteiger partial charge >= 0.3 is 0 Å². The summed E-state index contributed by atoms with van der Waals surface area (Å²) in [6, 6.07) is 8.16. The maximum atomic E-state index is 11.7. The van der Waals surface area contributed by atoms with Crippen LogP contribution in [0.2, 0.25) is 0 Å². The summed E-state index contributed by atoms with van der Waals surface area (Å²) in [5, 5.41) is 0. The van der Waals surface area contributed by atoms with E-state index in [1.165, 1.54) is 11.1 Å². The van der Waals surface area contributed by atoms with Crippen molar-refractivity contribution in [2.45, 2.75) is 39.3 Å². The zero-order valence-corrected chi connectivity index (χ0v) is 11.4. The smallest absolute Gasteiger partial charge is 0.251 e. The summed E-state index contributed by atoms with van der Waals surface area (Å²) < 4.78 is 0. The summed E-state index contributed by atoms with van der Waals surface area (Å²) in [4.78, 5) is 13.8. The average molecular weight is 249 g/mol. The number of carbonyl (C=O) groups is 1. The third-order valence-electron chi connectivity index (χ3n) is 3.05. The van der Waals surface area contributed by atoms with Gasteiger partial charge in [0.05, 0.1) is 6.04 Å². The van der Waals surface area contributed by atoms with Gasteiger partial charge in [-0.05, 0) is 26.0 Å². The Kier molecular flexibility index (Phi) is 5.82. The molecule has 1 unspecified atom stereocenters. The minimum absolute atomic E-state index is 0.119. The number of likely N-dealkylation sites (N-methyl/N-ethyl adjacent to an activating group) is 1. The van der Waals surface area contributed by atoms with Crippen LogP contribution in [0.5, 0.6) is 0 Å². The lowest BCUT2D eigenvalue weighted by Crippen LogP contribution is -2.47. The van der Waals surface area contributed by atoms with Gasteiger partial charge in [0.25, 0.3) is 5.91 Å². The molecule has 18 heavy (non-hydrogen) atoms. The van der Waals surface area contributed by atoms with Gasteiger partial charge in [0.1, 0.15) is 0 Å². The first-order chi connectivity index (χ1) is 8.58. The Morgan fingerprint density at radius 2 is 2.22 bits per heavy atom. The van der Waals surface area contributed by atoms with Crippen LogP contribution in [0.15, 0.2) is 24.3 Å². The Bertz CT molecular complexity index is 392. The molecule has 0 radical (unpaired) electrons. The highest BCUT2D eigenvalue weighted by Gasteiger charge is 2.21. The van der Waals surface area contributed by atoms with Gasteiger partial charge in [0.2, 0.25) is 0 Å². The van der Waals surface area contributed by atoms with Gasteiger partial charge in [-0.15, -0.1) is 0 Å². The summed E-state index contributed by atoms with van der Waals surface area (Å²) in [6.07, 6.45) is 1.77. The highest BCUT2D eigenvalue weighted by Crippen LogP contribution is 2.12. The van der Waals surface area contributed by atoms with Crippen LogP contribution in [-0.4, -0.2) is 23.9 Å². The molecule has 0 aliphatic carbocycles. The molecule has 1 aromatic rings. The fraction of sp³-hybridized carbons (Fsp3) is 0.500. The number of nitrogens with zero attached hydrogens (tertiary/aromatic N) is 1. The van der Waals surface area contributed by atoms with Crippen LogP contribution < -0.4 is 11.3 Å². The van der Waals surface area contributed by atoms with Crippen LogP contribution in [0.1, 0.15) is 30.9 Å². The molecule has 4 nitrogen and oxygen atoms in total. The summed E-state index contributed by atoms with van der Waals surface area (Å²) in [7, 11) is 1.96. The molecule has 0 fully saturated rings. The minimum atomic E-state index is -0.166. The maximum Gasteiger partial charge on any atom is 0.251 e. The molecule has 0 bridgehead atoms. The van der Waals surface area contributed by atoms with Crippen molar-refractivity contribution in [3.63, 3.8) is 0 Å². The molecule has 0 saturated carbocycles. The number of amides is 1. The standard InChI is InChI=1S/C14H23N3O/c1-4-6-13(14(18)16-15)17(3)10-12-8-5-7-11(2)9-12/h5,7-9,13H,4,6,10,15H2,1-3H3,(H,16,18). The predicted molar refractivity (Wildman–Crippen MR) is 73.7 cm³/mol. The monoisotopic (exact) mass is 249 g/mol. The normalized spacial score (nSPS) is 12.5. The highest BCUT2D eigenvalue weighted by molar-refractivity contribution is 5.81. The van der Waals surface area contributed by atoms with E-state index in [4.69, 9.17) is 5.84 Å². The number of aryl methyl sites for hydroxylation is 1. The topological polar surface area (TPSA) is 58.4 Å². The second kappa shape index (κ2) is 7.13. The van der Waals surface area contributed by atoms with Crippen LogP contribution in [0, 0.1) is 6.92 Å². The molecule has 1 atom stereocenters. The highest BCUT2D eigenvalue weighted by atomic mass is 16.2. The van der Waals surface area contributed by atoms with Crippen molar-refractivity contribution in [2.75, 3.05) is 7.05 Å². The molecule has 0 spiro atoms. The third-order valence-corrected chi connectivity index (χ3v) is 3.05. The summed E-state index contributed by atoms with van der Waals surface area (Å²) in [5.41, 5.74) is 4.69. The molecule has 100 valence electrons. The largest absolute Gasteiger partial charge is 0.293 e. The number of nitrogens with two attached hydrogens (primary N) is 1. The van der Waals surface area contributed by atoms with E-state index in [2.05, 4.69) is 37.5 Å². The van der Waals surface area contributed by atoms with Crippen molar-refractivity contribution < 1.29 is 4.79 Å². The third kappa shape index (κ3) is 4.13. The first-order valence-corrected chi connectivity index (χ1v) is 6.34. The van der Waals surface area contributed by atoms with Crippen molar-refractivity contribution in [1.82, 2.24) is 10.3 Å². The molecule has 0 heterocycles. The molecule has 1 rings (SSSR count). The van der Waals surface area contributed by atoms with Crippen LogP contribution >= 0.6 is 0 Å². The number of hydrogen-bond acceptors (Lipinski definition) is 3. The van der Waals surface area contributed by atoms with Crippen LogP contribution in [-0.2, 0) is 11.3 Å². The van der Waals surface area contributed by atoms with Gasteiger partial charge in [-0.1, -0.05) is 43.2 Å². The van der Waals surface area contributed by atoms with Crippen molar-refractivity contribution in [1.29, 1.82) is 0 Å². The summed E-state index contributed by atoms with van der Waals surface area (Å²) in [5.74, 6) is 5.11. The second-order valence-electron chi connectivity index (χ2n) is 4.72. The lowest BCUT2D eigenvalue weighted by atomic mass is 10.1. The van der Waals surface area contributed by atoms with Crippen molar-refractivity contribution in [3.8, 4) is 0 Å². The van der Waals surface area contributed by atoms with E-state index in [0.717, 1.165) is 19.4 Å². The molecular weight excluding hydrogens is 226 g/mol. The number of benzene rings is 1. The number of hydrazine groups is 1. The number of nitrogens with one attached hydrogen (secondary N) is 1. The van der Waals surface area contributed by atoms with Gasteiger partial charge in [-0.25, -0.2) is 5.84 Å². The molecule has 1 amide bonds.